The van der Waals surface area contributed by atoms with Crippen LogP contribution in [-0.2, 0) is 4.79 Å². The lowest BCUT2D eigenvalue weighted by Crippen LogP contribution is -2.40. The Bertz CT molecular complexity index is 811. The number of amides is 1. The maximum absolute atomic E-state index is 13.0. The fourth-order valence-electron chi connectivity index (χ4n) is 5.41. The molecule has 3 heteroatoms. The molecule has 3 aliphatic rings. The maximum Gasteiger partial charge on any atom is 0.226 e. The van der Waals surface area contributed by atoms with E-state index in [9.17, 15) is 4.79 Å². The monoisotopic (exact) mass is 348 g/mol. The molecule has 5 rings (SSSR count). The van der Waals surface area contributed by atoms with E-state index in [0.717, 1.165) is 45.4 Å². The van der Waals surface area contributed by atoms with Crippen molar-refractivity contribution in [3.05, 3.63) is 48.0 Å². The van der Waals surface area contributed by atoms with Crippen LogP contribution in [-0.4, -0.2) is 37.0 Å². The van der Waals surface area contributed by atoms with Gasteiger partial charge in [0.2, 0.25) is 5.91 Å². The van der Waals surface area contributed by atoms with Crippen molar-refractivity contribution >= 4 is 16.7 Å². The molecule has 3 fully saturated rings. The minimum Gasteiger partial charge on any atom is -0.342 e. The summed E-state index contributed by atoms with van der Waals surface area (Å²) in [6, 6.07) is 15.4. The van der Waals surface area contributed by atoms with Crippen molar-refractivity contribution in [3.63, 3.8) is 0 Å². The fourth-order valence-corrected chi connectivity index (χ4v) is 5.41. The number of nitrogens with one attached hydrogen (secondary N) is 1. The Balaban J connectivity index is 1.26. The van der Waals surface area contributed by atoms with E-state index in [1.54, 1.807) is 0 Å². The second-order valence-electron chi connectivity index (χ2n) is 8.54. The molecule has 1 unspecified atom stereocenters. The number of hydrogen-bond acceptors (Lipinski definition) is 2. The third kappa shape index (κ3) is 2.73. The Kier molecular flexibility index (Phi) is 4.00. The van der Waals surface area contributed by atoms with Crippen LogP contribution < -0.4 is 5.32 Å². The second kappa shape index (κ2) is 6.38. The summed E-state index contributed by atoms with van der Waals surface area (Å²) in [7, 11) is 0. The predicted molar refractivity (Wildman–Crippen MR) is 105 cm³/mol. The summed E-state index contributed by atoms with van der Waals surface area (Å²) in [5.41, 5.74) is 1.82. The van der Waals surface area contributed by atoms with E-state index in [0.29, 0.717) is 23.2 Å². The SMILES string of the molecule is O=C(C1CC12CCNCC2)N1CCC(c2cccc3ccccc23)CC1. The van der Waals surface area contributed by atoms with Gasteiger partial charge in [-0.15, -0.1) is 0 Å². The van der Waals surface area contributed by atoms with Gasteiger partial charge in [-0.2, -0.15) is 0 Å². The smallest absolute Gasteiger partial charge is 0.226 e. The first-order valence-electron chi connectivity index (χ1n) is 10.2. The van der Waals surface area contributed by atoms with Crippen LogP contribution in [0.1, 0.15) is 43.6 Å². The van der Waals surface area contributed by atoms with Crippen LogP contribution >= 0.6 is 0 Å². The molecule has 2 aliphatic heterocycles. The Morgan fingerprint density at radius 3 is 2.54 bits per heavy atom. The van der Waals surface area contributed by atoms with Gasteiger partial charge in [0.25, 0.3) is 0 Å². The molecule has 2 heterocycles. The average Bonchev–Trinajstić information content (AvgIpc) is 3.40. The standard InChI is InChI=1S/C23H28N2O/c26-22(21-16-23(21)10-12-24-13-11-23)25-14-8-18(9-15-25)20-7-3-5-17-4-1-2-6-19(17)20/h1-7,18,21,24H,8-16H2. The summed E-state index contributed by atoms with van der Waals surface area (Å²) in [6.45, 7) is 4.04. The van der Waals surface area contributed by atoms with Crippen LogP contribution in [0.3, 0.4) is 0 Å². The van der Waals surface area contributed by atoms with E-state index in [-0.39, 0.29) is 0 Å². The van der Waals surface area contributed by atoms with Crippen molar-refractivity contribution in [3.8, 4) is 0 Å². The maximum atomic E-state index is 13.0. The topological polar surface area (TPSA) is 32.3 Å². The van der Waals surface area contributed by atoms with Gasteiger partial charge >= 0.3 is 0 Å². The predicted octanol–water partition coefficient (Wildman–Crippen LogP) is 3.94. The van der Waals surface area contributed by atoms with Crippen LogP contribution in [0.25, 0.3) is 10.8 Å². The molecule has 0 radical (unpaired) electrons. The van der Waals surface area contributed by atoms with Gasteiger partial charge in [-0.3, -0.25) is 4.79 Å². The van der Waals surface area contributed by atoms with Gasteiger partial charge < -0.3 is 10.2 Å². The lowest BCUT2D eigenvalue weighted by Gasteiger charge is -2.34. The zero-order valence-corrected chi connectivity index (χ0v) is 15.4. The highest BCUT2D eigenvalue weighted by Crippen LogP contribution is 2.59. The highest BCUT2D eigenvalue weighted by Gasteiger charge is 2.58. The molecule has 2 aromatic rings. The first-order valence-corrected chi connectivity index (χ1v) is 10.2. The lowest BCUT2D eigenvalue weighted by molar-refractivity contribution is -0.134. The molecule has 0 aromatic heterocycles. The lowest BCUT2D eigenvalue weighted by atomic mass is 9.86. The Morgan fingerprint density at radius 2 is 1.73 bits per heavy atom. The van der Waals surface area contributed by atoms with Crippen LogP contribution in [0.4, 0.5) is 0 Å². The summed E-state index contributed by atoms with van der Waals surface area (Å²) in [4.78, 5) is 15.2. The summed E-state index contributed by atoms with van der Waals surface area (Å²) >= 11 is 0. The van der Waals surface area contributed by atoms with Crippen molar-refractivity contribution in [1.29, 1.82) is 0 Å². The average molecular weight is 348 g/mol. The number of hydrogen-bond donors (Lipinski definition) is 1. The third-order valence-corrected chi connectivity index (χ3v) is 7.16. The molecule has 26 heavy (non-hydrogen) atoms. The largest absolute Gasteiger partial charge is 0.342 e. The van der Waals surface area contributed by atoms with Gasteiger partial charge in [0.05, 0.1) is 0 Å². The van der Waals surface area contributed by atoms with Gasteiger partial charge in [-0.1, -0.05) is 42.5 Å². The molecule has 1 amide bonds. The molecule has 2 saturated heterocycles. The molecule has 1 aliphatic carbocycles. The second-order valence-corrected chi connectivity index (χ2v) is 8.54. The number of likely N-dealkylation sites (tertiary alicyclic amines) is 1. The Hall–Kier alpha value is -1.87. The molecule has 1 N–H and O–H groups in total. The van der Waals surface area contributed by atoms with Gasteiger partial charge in [0.1, 0.15) is 0 Å². The van der Waals surface area contributed by atoms with Gasteiger partial charge in [0.15, 0.2) is 0 Å². The van der Waals surface area contributed by atoms with Crippen molar-refractivity contribution in [1.82, 2.24) is 10.2 Å². The number of nitrogens with zero attached hydrogens (tertiary/aromatic N) is 1. The van der Waals surface area contributed by atoms with Crippen LogP contribution in [0, 0.1) is 11.3 Å². The van der Waals surface area contributed by atoms with Crippen molar-refractivity contribution in [2.45, 2.75) is 38.0 Å². The molecular weight excluding hydrogens is 320 g/mol. The number of rotatable bonds is 2. The summed E-state index contributed by atoms with van der Waals surface area (Å²) in [5.74, 6) is 1.35. The number of benzene rings is 2. The van der Waals surface area contributed by atoms with E-state index in [4.69, 9.17) is 0 Å². The van der Waals surface area contributed by atoms with Crippen LogP contribution in [0.15, 0.2) is 42.5 Å². The zero-order valence-electron chi connectivity index (χ0n) is 15.4. The number of fused-ring (bicyclic) bond motifs is 1. The zero-order chi connectivity index (χ0) is 17.6. The summed E-state index contributed by atoms with van der Waals surface area (Å²) in [6.07, 6.45) is 5.71. The van der Waals surface area contributed by atoms with Crippen LogP contribution in [0.5, 0.6) is 0 Å². The summed E-state index contributed by atoms with van der Waals surface area (Å²) < 4.78 is 0. The number of piperidine rings is 2. The molecule has 1 saturated carbocycles. The molecule has 136 valence electrons. The van der Waals surface area contributed by atoms with E-state index < -0.39 is 0 Å². The van der Waals surface area contributed by atoms with Crippen molar-refractivity contribution in [2.24, 2.45) is 11.3 Å². The van der Waals surface area contributed by atoms with Crippen LogP contribution in [0.2, 0.25) is 0 Å². The Labute approximate surface area is 155 Å². The first-order chi connectivity index (χ1) is 12.8. The Morgan fingerprint density at radius 1 is 1.00 bits per heavy atom. The van der Waals surface area contributed by atoms with Crippen molar-refractivity contribution < 1.29 is 4.79 Å². The molecule has 1 atom stereocenters. The first kappa shape index (κ1) is 16.3. The molecular formula is C23H28N2O. The normalized spacial score (nSPS) is 25.5. The molecule has 1 spiro atoms. The van der Waals surface area contributed by atoms with Crippen molar-refractivity contribution in [2.75, 3.05) is 26.2 Å². The fraction of sp³-hybridized carbons (Fsp3) is 0.522. The number of carbonyl (C=O) groups is 1. The number of carbonyl (C=O) groups excluding carboxylic acids is 1. The molecule has 0 bridgehead atoms. The van der Waals surface area contributed by atoms with E-state index >= 15 is 0 Å². The highest BCUT2D eigenvalue weighted by atomic mass is 16.2. The van der Waals surface area contributed by atoms with E-state index in [1.807, 2.05) is 0 Å². The minimum absolute atomic E-state index is 0.318. The summed E-state index contributed by atoms with van der Waals surface area (Å²) in [5, 5.41) is 6.15. The van der Waals surface area contributed by atoms with E-state index in [2.05, 4.69) is 52.7 Å². The van der Waals surface area contributed by atoms with Gasteiger partial charge in [0, 0.05) is 19.0 Å². The van der Waals surface area contributed by atoms with Gasteiger partial charge in [-0.05, 0) is 72.9 Å². The minimum atomic E-state index is 0.318. The molecule has 2 aromatic carbocycles. The van der Waals surface area contributed by atoms with E-state index in [1.165, 1.54) is 29.2 Å². The highest BCUT2D eigenvalue weighted by molar-refractivity contribution is 5.86. The molecule has 3 nitrogen and oxygen atoms in total. The quantitative estimate of drug-likeness (QED) is 0.892. The van der Waals surface area contributed by atoms with Gasteiger partial charge in [-0.25, -0.2) is 0 Å². The third-order valence-electron chi connectivity index (χ3n) is 7.16.